The Balaban J connectivity index is 2.01. The van der Waals surface area contributed by atoms with Crippen LogP contribution in [-0.4, -0.2) is 47.6 Å². The highest BCUT2D eigenvalue weighted by Gasteiger charge is 2.26. The fourth-order valence-corrected chi connectivity index (χ4v) is 3.70. The predicted octanol–water partition coefficient (Wildman–Crippen LogP) is 1.73. The minimum atomic E-state index is 0.428. The molecule has 2 N–H and O–H groups in total. The van der Waals surface area contributed by atoms with Crippen molar-refractivity contribution in [3.63, 3.8) is 0 Å². The number of fused-ring (bicyclic) bond motifs is 1. The summed E-state index contributed by atoms with van der Waals surface area (Å²) in [6.45, 7) is 5.47. The van der Waals surface area contributed by atoms with E-state index in [2.05, 4.69) is 29.8 Å². The van der Waals surface area contributed by atoms with Crippen LogP contribution >= 0.6 is 12.2 Å². The number of rotatable bonds is 2. The van der Waals surface area contributed by atoms with Gasteiger partial charge in [-0.2, -0.15) is 0 Å². The maximum absolute atomic E-state index is 5.98. The Morgan fingerprint density at radius 3 is 2.90 bits per heavy atom. The van der Waals surface area contributed by atoms with E-state index in [-0.39, 0.29) is 0 Å². The lowest BCUT2D eigenvalue weighted by atomic mass is 10.1. The van der Waals surface area contributed by atoms with Crippen LogP contribution in [0.3, 0.4) is 0 Å². The van der Waals surface area contributed by atoms with Gasteiger partial charge in [0, 0.05) is 24.8 Å². The second-order valence-corrected chi connectivity index (χ2v) is 6.78. The zero-order valence-electron chi connectivity index (χ0n) is 12.9. The first-order chi connectivity index (χ1) is 10.1. The second kappa shape index (κ2) is 5.89. The lowest BCUT2D eigenvalue weighted by Crippen LogP contribution is -2.39. The molecule has 5 heteroatoms. The van der Waals surface area contributed by atoms with Gasteiger partial charge >= 0.3 is 0 Å². The highest BCUT2D eigenvalue weighted by atomic mass is 32.1. The first-order valence-corrected chi connectivity index (χ1v) is 8.25. The summed E-state index contributed by atoms with van der Waals surface area (Å²) in [7, 11) is 2.19. The molecule has 21 heavy (non-hydrogen) atoms. The standard InChI is InChI=1S/C16H24N4S/c1-11-10-19(2)7-4-8-20(11)16-13(15(17)21)9-12-5-3-6-14(12)18-16/h9,11H,3-8,10H2,1-2H3,(H2,17,21). The molecule has 4 nitrogen and oxygen atoms in total. The maximum atomic E-state index is 5.98. The topological polar surface area (TPSA) is 45.4 Å². The number of likely N-dealkylation sites (N-methyl/N-ethyl adjacent to an activating group) is 1. The summed E-state index contributed by atoms with van der Waals surface area (Å²) in [5.74, 6) is 1.01. The Morgan fingerprint density at radius 2 is 2.14 bits per heavy atom. The van der Waals surface area contributed by atoms with Crippen LogP contribution in [0, 0.1) is 0 Å². The van der Waals surface area contributed by atoms with Gasteiger partial charge in [0.25, 0.3) is 0 Å². The summed E-state index contributed by atoms with van der Waals surface area (Å²) in [4.78, 5) is 10.2. The zero-order valence-corrected chi connectivity index (χ0v) is 13.7. The van der Waals surface area contributed by atoms with Gasteiger partial charge in [-0.3, -0.25) is 0 Å². The van der Waals surface area contributed by atoms with E-state index < -0.39 is 0 Å². The fourth-order valence-electron chi connectivity index (χ4n) is 3.55. The average molecular weight is 304 g/mol. The summed E-state index contributed by atoms with van der Waals surface area (Å²) in [5, 5.41) is 0. The molecule has 1 aromatic heterocycles. The van der Waals surface area contributed by atoms with Gasteiger partial charge in [0.05, 0.1) is 5.56 Å². The predicted molar refractivity (Wildman–Crippen MR) is 91.1 cm³/mol. The van der Waals surface area contributed by atoms with Crippen LogP contribution in [0.4, 0.5) is 5.82 Å². The van der Waals surface area contributed by atoms with Gasteiger partial charge in [0.15, 0.2) is 0 Å². The van der Waals surface area contributed by atoms with E-state index >= 15 is 0 Å². The summed E-state index contributed by atoms with van der Waals surface area (Å²) >= 11 is 5.29. The molecule has 1 aliphatic carbocycles. The number of aromatic nitrogens is 1. The molecule has 0 bridgehead atoms. The third kappa shape index (κ3) is 2.90. The van der Waals surface area contributed by atoms with Gasteiger partial charge in [0.1, 0.15) is 10.8 Å². The van der Waals surface area contributed by atoms with Crippen molar-refractivity contribution in [1.82, 2.24) is 9.88 Å². The highest BCUT2D eigenvalue weighted by Crippen LogP contribution is 2.29. The molecule has 1 aromatic rings. The van der Waals surface area contributed by atoms with Crippen LogP contribution in [0.15, 0.2) is 6.07 Å². The second-order valence-electron chi connectivity index (χ2n) is 6.34. The molecule has 0 spiro atoms. The quantitative estimate of drug-likeness (QED) is 0.843. The summed E-state index contributed by atoms with van der Waals surface area (Å²) < 4.78 is 0. The Labute approximate surface area is 132 Å². The summed E-state index contributed by atoms with van der Waals surface area (Å²) in [5.41, 5.74) is 9.52. The molecule has 1 fully saturated rings. The van der Waals surface area contributed by atoms with Crippen molar-refractivity contribution >= 4 is 23.0 Å². The number of aryl methyl sites for hydroxylation is 2. The first-order valence-electron chi connectivity index (χ1n) is 7.84. The zero-order chi connectivity index (χ0) is 15.0. The van der Waals surface area contributed by atoms with Gasteiger partial charge in [-0.15, -0.1) is 0 Å². The third-order valence-electron chi connectivity index (χ3n) is 4.62. The molecule has 2 heterocycles. The van der Waals surface area contributed by atoms with Crippen LogP contribution in [0.1, 0.15) is 36.6 Å². The van der Waals surface area contributed by atoms with E-state index in [1.165, 1.54) is 17.7 Å². The van der Waals surface area contributed by atoms with Crippen molar-refractivity contribution in [3.8, 4) is 0 Å². The Bertz CT molecular complexity index is 557. The van der Waals surface area contributed by atoms with Crippen molar-refractivity contribution in [1.29, 1.82) is 0 Å². The monoisotopic (exact) mass is 304 g/mol. The van der Waals surface area contributed by atoms with E-state index in [4.69, 9.17) is 22.9 Å². The SMILES string of the molecule is CC1CN(C)CCCN1c1nc2c(cc1C(N)=S)CCC2. The van der Waals surface area contributed by atoms with Gasteiger partial charge in [-0.1, -0.05) is 12.2 Å². The number of thiocarbonyl (C=S) groups is 1. The number of nitrogens with zero attached hydrogens (tertiary/aromatic N) is 3. The molecular weight excluding hydrogens is 280 g/mol. The average Bonchev–Trinajstić information content (AvgIpc) is 2.82. The largest absolute Gasteiger partial charge is 0.389 e. The van der Waals surface area contributed by atoms with Crippen LogP contribution in [0.25, 0.3) is 0 Å². The van der Waals surface area contributed by atoms with Gasteiger partial charge in [0.2, 0.25) is 0 Å². The van der Waals surface area contributed by atoms with Crippen LogP contribution in [0.5, 0.6) is 0 Å². The number of hydrogen-bond donors (Lipinski definition) is 1. The van der Waals surface area contributed by atoms with Crippen molar-refractivity contribution in [2.45, 2.75) is 38.6 Å². The summed E-state index contributed by atoms with van der Waals surface area (Å²) in [6, 6.07) is 2.62. The molecule has 0 aromatic carbocycles. The molecule has 114 valence electrons. The third-order valence-corrected chi connectivity index (χ3v) is 4.83. The smallest absolute Gasteiger partial charge is 0.139 e. The normalized spacial score (nSPS) is 23.0. The van der Waals surface area contributed by atoms with Crippen molar-refractivity contribution < 1.29 is 0 Å². The molecule has 0 saturated carbocycles. The van der Waals surface area contributed by atoms with Gasteiger partial charge in [-0.25, -0.2) is 4.98 Å². The fraction of sp³-hybridized carbons (Fsp3) is 0.625. The van der Waals surface area contributed by atoms with Gasteiger partial charge in [-0.05, 0) is 57.8 Å². The lowest BCUT2D eigenvalue weighted by Gasteiger charge is -2.31. The lowest BCUT2D eigenvalue weighted by molar-refractivity contribution is 0.337. The number of hydrogen-bond acceptors (Lipinski definition) is 4. The first kappa shape index (κ1) is 14.7. The number of pyridine rings is 1. The Morgan fingerprint density at radius 1 is 1.33 bits per heavy atom. The molecule has 3 rings (SSSR count). The molecule has 1 unspecified atom stereocenters. The van der Waals surface area contributed by atoms with Crippen molar-refractivity contribution in [3.05, 3.63) is 22.9 Å². The highest BCUT2D eigenvalue weighted by molar-refractivity contribution is 7.80. The van der Waals surface area contributed by atoms with E-state index in [0.29, 0.717) is 11.0 Å². The van der Waals surface area contributed by atoms with Crippen LogP contribution in [-0.2, 0) is 12.8 Å². The van der Waals surface area contributed by atoms with E-state index in [0.717, 1.165) is 50.3 Å². The Hall–Kier alpha value is -1.20. The van der Waals surface area contributed by atoms with Crippen molar-refractivity contribution in [2.24, 2.45) is 5.73 Å². The molecule has 1 atom stereocenters. The Kier molecular flexibility index (Phi) is 4.13. The molecule has 0 amide bonds. The summed E-state index contributed by atoms with van der Waals surface area (Å²) in [6.07, 6.45) is 4.54. The van der Waals surface area contributed by atoms with E-state index in [9.17, 15) is 0 Å². The molecule has 0 radical (unpaired) electrons. The number of nitrogens with two attached hydrogens (primary N) is 1. The van der Waals surface area contributed by atoms with Crippen LogP contribution in [0.2, 0.25) is 0 Å². The van der Waals surface area contributed by atoms with Crippen LogP contribution < -0.4 is 10.6 Å². The van der Waals surface area contributed by atoms with Gasteiger partial charge < -0.3 is 15.5 Å². The molecule has 2 aliphatic rings. The minimum Gasteiger partial charge on any atom is -0.389 e. The molecule has 1 saturated heterocycles. The molecular formula is C16H24N4S. The minimum absolute atomic E-state index is 0.428. The number of anilines is 1. The van der Waals surface area contributed by atoms with E-state index in [1.807, 2.05) is 0 Å². The maximum Gasteiger partial charge on any atom is 0.139 e. The van der Waals surface area contributed by atoms with E-state index in [1.54, 1.807) is 0 Å². The van der Waals surface area contributed by atoms with Crippen molar-refractivity contribution in [2.75, 3.05) is 31.6 Å². The molecule has 1 aliphatic heterocycles.